The molecule has 0 aliphatic carbocycles. The third kappa shape index (κ3) is 1.63. The Bertz CT molecular complexity index is 643. The number of nitrogens with one attached hydrogen (secondary N) is 1. The lowest BCUT2D eigenvalue weighted by atomic mass is 10.0. The van der Waals surface area contributed by atoms with Crippen molar-refractivity contribution in [2.45, 2.75) is 0 Å². The van der Waals surface area contributed by atoms with Gasteiger partial charge >= 0.3 is 0 Å². The highest BCUT2D eigenvalue weighted by atomic mass is 16.5. The van der Waals surface area contributed by atoms with Gasteiger partial charge in [0.15, 0.2) is 0 Å². The van der Waals surface area contributed by atoms with E-state index in [1.54, 1.807) is 13.3 Å². The largest absolute Gasteiger partial charge is 0.481 e. The number of hydrogen-bond acceptors (Lipinski definition) is 3. The summed E-state index contributed by atoms with van der Waals surface area (Å²) in [6, 6.07) is 9.91. The molecule has 1 N–H and O–H groups in total. The van der Waals surface area contributed by atoms with Gasteiger partial charge in [-0.1, -0.05) is 12.1 Å². The summed E-state index contributed by atoms with van der Waals surface area (Å²) in [5.74, 6) is 0.619. The highest BCUT2D eigenvalue weighted by Gasteiger charge is 2.05. The Balaban J connectivity index is 2.16. The molecule has 0 bridgehead atoms. The summed E-state index contributed by atoms with van der Waals surface area (Å²) in [4.78, 5) is 4.21. The van der Waals surface area contributed by atoms with E-state index in [9.17, 15) is 0 Å². The van der Waals surface area contributed by atoms with E-state index in [2.05, 4.69) is 21.2 Å². The van der Waals surface area contributed by atoms with Crippen LogP contribution in [0.15, 0.2) is 42.7 Å². The maximum atomic E-state index is 5.05. The van der Waals surface area contributed by atoms with Crippen molar-refractivity contribution in [3.63, 3.8) is 0 Å². The molecule has 0 unspecified atom stereocenters. The second kappa shape index (κ2) is 3.90. The van der Waals surface area contributed by atoms with E-state index in [0.29, 0.717) is 5.88 Å². The SMILES string of the molecule is COc1ccc(-c2cccc3[nH]ncc23)cn1. The lowest BCUT2D eigenvalue weighted by Crippen LogP contribution is -1.87. The number of aromatic amines is 1. The molecule has 0 saturated carbocycles. The predicted molar refractivity (Wildman–Crippen MR) is 65.9 cm³/mol. The number of nitrogens with zero attached hydrogens (tertiary/aromatic N) is 2. The highest BCUT2D eigenvalue weighted by molar-refractivity contribution is 5.94. The fraction of sp³-hybridized carbons (Fsp3) is 0.0769. The molecule has 0 aliphatic heterocycles. The molecule has 1 aromatic carbocycles. The van der Waals surface area contributed by atoms with Gasteiger partial charge in [-0.15, -0.1) is 0 Å². The Labute approximate surface area is 98.3 Å². The average Bonchev–Trinajstić information content (AvgIpc) is 2.87. The summed E-state index contributed by atoms with van der Waals surface area (Å²) in [5, 5.41) is 8.10. The monoisotopic (exact) mass is 225 g/mol. The van der Waals surface area contributed by atoms with E-state index in [0.717, 1.165) is 22.0 Å². The maximum Gasteiger partial charge on any atom is 0.212 e. The molecule has 0 amide bonds. The zero-order valence-corrected chi connectivity index (χ0v) is 9.34. The first-order valence-corrected chi connectivity index (χ1v) is 5.31. The molecule has 17 heavy (non-hydrogen) atoms. The minimum absolute atomic E-state index is 0.619. The van der Waals surface area contributed by atoms with Gasteiger partial charge in [0, 0.05) is 23.2 Å². The van der Waals surface area contributed by atoms with Crippen molar-refractivity contribution in [2.75, 3.05) is 7.11 Å². The second-order valence-corrected chi connectivity index (χ2v) is 3.73. The van der Waals surface area contributed by atoms with Crippen LogP contribution in [-0.4, -0.2) is 22.3 Å². The number of rotatable bonds is 2. The molecule has 3 rings (SSSR count). The van der Waals surface area contributed by atoms with Gasteiger partial charge in [-0.25, -0.2) is 4.98 Å². The summed E-state index contributed by atoms with van der Waals surface area (Å²) < 4.78 is 5.05. The predicted octanol–water partition coefficient (Wildman–Crippen LogP) is 2.63. The zero-order valence-electron chi connectivity index (χ0n) is 9.34. The van der Waals surface area contributed by atoms with Crippen LogP contribution in [0.4, 0.5) is 0 Å². The smallest absolute Gasteiger partial charge is 0.212 e. The van der Waals surface area contributed by atoms with Gasteiger partial charge < -0.3 is 4.74 Å². The van der Waals surface area contributed by atoms with Gasteiger partial charge in [0.1, 0.15) is 0 Å². The number of methoxy groups -OCH3 is 1. The quantitative estimate of drug-likeness (QED) is 0.729. The van der Waals surface area contributed by atoms with E-state index in [4.69, 9.17) is 4.74 Å². The fourth-order valence-corrected chi connectivity index (χ4v) is 1.88. The Morgan fingerprint density at radius 3 is 2.82 bits per heavy atom. The number of fused-ring (bicyclic) bond motifs is 1. The molecule has 3 aromatic rings. The van der Waals surface area contributed by atoms with Crippen LogP contribution in [0.2, 0.25) is 0 Å². The van der Waals surface area contributed by atoms with Gasteiger partial charge in [-0.2, -0.15) is 5.10 Å². The maximum absolute atomic E-state index is 5.05. The molecule has 4 heteroatoms. The van der Waals surface area contributed by atoms with Crippen molar-refractivity contribution >= 4 is 10.9 Å². The number of ether oxygens (including phenoxy) is 1. The molecule has 0 radical (unpaired) electrons. The Morgan fingerprint density at radius 1 is 1.12 bits per heavy atom. The summed E-state index contributed by atoms with van der Waals surface area (Å²) in [6.45, 7) is 0. The van der Waals surface area contributed by atoms with Gasteiger partial charge in [-0.3, -0.25) is 5.10 Å². The number of H-pyrrole nitrogens is 1. The van der Waals surface area contributed by atoms with Crippen LogP contribution in [0, 0.1) is 0 Å². The first-order valence-electron chi connectivity index (χ1n) is 5.31. The van der Waals surface area contributed by atoms with E-state index >= 15 is 0 Å². The molecule has 84 valence electrons. The van der Waals surface area contributed by atoms with E-state index in [1.807, 2.05) is 30.5 Å². The van der Waals surface area contributed by atoms with Crippen molar-refractivity contribution in [3.8, 4) is 17.0 Å². The topological polar surface area (TPSA) is 50.8 Å². The molecule has 4 nitrogen and oxygen atoms in total. The molecule has 0 saturated heterocycles. The van der Waals surface area contributed by atoms with Crippen LogP contribution < -0.4 is 4.74 Å². The summed E-state index contributed by atoms with van der Waals surface area (Å²) in [7, 11) is 1.61. The molecule has 0 fully saturated rings. The standard InChI is InChI=1S/C13H11N3O/c1-17-13-6-5-9(7-14-13)10-3-2-4-12-11(10)8-15-16-12/h2-8H,1H3,(H,15,16). The van der Waals surface area contributed by atoms with Crippen molar-refractivity contribution in [1.82, 2.24) is 15.2 Å². The Hall–Kier alpha value is -2.36. The van der Waals surface area contributed by atoms with Crippen LogP contribution in [0.1, 0.15) is 0 Å². The number of aromatic nitrogens is 3. The van der Waals surface area contributed by atoms with E-state index in [1.165, 1.54) is 0 Å². The van der Waals surface area contributed by atoms with Gasteiger partial charge in [0.05, 0.1) is 18.8 Å². The number of pyridine rings is 1. The molecule has 2 aromatic heterocycles. The number of benzene rings is 1. The van der Waals surface area contributed by atoms with E-state index < -0.39 is 0 Å². The van der Waals surface area contributed by atoms with Crippen LogP contribution in [0.25, 0.3) is 22.0 Å². The van der Waals surface area contributed by atoms with Crippen LogP contribution in [0.5, 0.6) is 5.88 Å². The van der Waals surface area contributed by atoms with Crippen LogP contribution in [-0.2, 0) is 0 Å². The minimum atomic E-state index is 0.619. The minimum Gasteiger partial charge on any atom is -0.481 e. The molecule has 0 atom stereocenters. The normalized spacial score (nSPS) is 10.6. The Kier molecular flexibility index (Phi) is 2.26. The second-order valence-electron chi connectivity index (χ2n) is 3.73. The highest BCUT2D eigenvalue weighted by Crippen LogP contribution is 2.27. The summed E-state index contributed by atoms with van der Waals surface area (Å²) >= 11 is 0. The van der Waals surface area contributed by atoms with E-state index in [-0.39, 0.29) is 0 Å². The third-order valence-corrected chi connectivity index (χ3v) is 2.74. The lowest BCUT2D eigenvalue weighted by Gasteiger charge is -2.03. The molecule has 2 heterocycles. The first-order chi connectivity index (χ1) is 8.38. The number of hydrogen-bond donors (Lipinski definition) is 1. The van der Waals surface area contributed by atoms with Crippen molar-refractivity contribution < 1.29 is 4.74 Å². The third-order valence-electron chi connectivity index (χ3n) is 2.74. The van der Waals surface area contributed by atoms with Crippen molar-refractivity contribution in [3.05, 3.63) is 42.7 Å². The first kappa shape index (κ1) is 9.84. The van der Waals surface area contributed by atoms with Gasteiger partial charge in [0.25, 0.3) is 0 Å². The molecule has 0 aliphatic rings. The lowest BCUT2D eigenvalue weighted by molar-refractivity contribution is 0.398. The average molecular weight is 225 g/mol. The van der Waals surface area contributed by atoms with Crippen LogP contribution >= 0.6 is 0 Å². The molecular formula is C13H11N3O. The summed E-state index contributed by atoms with van der Waals surface area (Å²) in [6.07, 6.45) is 3.63. The fourth-order valence-electron chi connectivity index (χ4n) is 1.88. The van der Waals surface area contributed by atoms with Crippen molar-refractivity contribution in [2.24, 2.45) is 0 Å². The summed E-state index contributed by atoms with van der Waals surface area (Å²) in [5.41, 5.74) is 3.20. The van der Waals surface area contributed by atoms with Gasteiger partial charge in [0.2, 0.25) is 5.88 Å². The zero-order chi connectivity index (χ0) is 11.7. The Morgan fingerprint density at radius 2 is 2.06 bits per heavy atom. The van der Waals surface area contributed by atoms with Crippen molar-refractivity contribution in [1.29, 1.82) is 0 Å². The molecule has 0 spiro atoms. The van der Waals surface area contributed by atoms with Crippen LogP contribution in [0.3, 0.4) is 0 Å². The molecular weight excluding hydrogens is 214 g/mol. The van der Waals surface area contributed by atoms with Gasteiger partial charge in [-0.05, 0) is 17.7 Å².